The van der Waals surface area contributed by atoms with Gasteiger partial charge in [-0.2, -0.15) is 0 Å². The Kier molecular flexibility index (Phi) is 34.4. The number of rotatable bonds is 40. The number of aliphatic hydroxyl groups is 7. The number of hydroxylamine groups is 1. The van der Waals surface area contributed by atoms with E-state index in [0.717, 1.165) is 77.0 Å². The second-order valence-corrected chi connectivity index (χ2v) is 19.0. The lowest BCUT2D eigenvalue weighted by molar-refractivity contribution is -0.270. The molecular formula is C48H90N6O18. The molecule has 0 aromatic rings. The van der Waals surface area contributed by atoms with Crippen LogP contribution in [0.2, 0.25) is 0 Å². The van der Waals surface area contributed by atoms with Crippen LogP contribution in [0.15, 0.2) is 0 Å². The minimum absolute atomic E-state index is 0.0295. The van der Waals surface area contributed by atoms with E-state index >= 15 is 0 Å². The van der Waals surface area contributed by atoms with Crippen molar-refractivity contribution in [1.29, 1.82) is 0 Å². The van der Waals surface area contributed by atoms with Gasteiger partial charge in [-0.1, -0.05) is 32.6 Å². The molecule has 2 heterocycles. The maximum atomic E-state index is 12.3. The van der Waals surface area contributed by atoms with Crippen molar-refractivity contribution in [2.45, 2.75) is 198 Å². The molecule has 2 saturated heterocycles. The topological polar surface area (TPSA) is 355 Å². The molecule has 24 nitrogen and oxygen atoms in total. The molecule has 420 valence electrons. The van der Waals surface area contributed by atoms with E-state index in [1.807, 2.05) is 0 Å². The molecular weight excluding hydrogens is 949 g/mol. The van der Waals surface area contributed by atoms with Crippen LogP contribution >= 0.6 is 0 Å². The van der Waals surface area contributed by atoms with E-state index in [1.54, 1.807) is 0 Å². The Morgan fingerprint density at radius 3 is 1.39 bits per heavy atom. The van der Waals surface area contributed by atoms with E-state index in [2.05, 4.69) is 39.0 Å². The predicted molar refractivity (Wildman–Crippen MR) is 260 cm³/mol. The number of unbranched alkanes of at least 4 members (excludes halogenated alkanes) is 6. The van der Waals surface area contributed by atoms with Crippen molar-refractivity contribution in [1.82, 2.24) is 32.1 Å². The van der Waals surface area contributed by atoms with E-state index in [-0.39, 0.29) is 49.9 Å². The first-order valence-electron chi connectivity index (χ1n) is 26.0. The van der Waals surface area contributed by atoms with Crippen LogP contribution in [0, 0.1) is 5.41 Å². The number of hydrogen-bond donors (Lipinski definition) is 13. The van der Waals surface area contributed by atoms with E-state index in [4.69, 9.17) is 28.5 Å². The van der Waals surface area contributed by atoms with Gasteiger partial charge in [0.25, 0.3) is 0 Å². The zero-order valence-electron chi connectivity index (χ0n) is 42.9. The summed E-state index contributed by atoms with van der Waals surface area (Å²) in [5.41, 5.74) is 3.00. The Morgan fingerprint density at radius 1 is 0.514 bits per heavy atom. The molecule has 5 amide bonds. The van der Waals surface area contributed by atoms with Crippen LogP contribution in [0.1, 0.15) is 136 Å². The molecule has 11 atom stereocenters. The van der Waals surface area contributed by atoms with Gasteiger partial charge < -0.3 is 90.9 Å². The van der Waals surface area contributed by atoms with Gasteiger partial charge in [0, 0.05) is 59.5 Å². The highest BCUT2D eigenvalue weighted by Crippen LogP contribution is 2.34. The van der Waals surface area contributed by atoms with E-state index in [9.17, 15) is 59.7 Å². The van der Waals surface area contributed by atoms with Crippen LogP contribution < -0.4 is 32.1 Å². The fourth-order valence-corrected chi connectivity index (χ4v) is 8.50. The SMILES string of the molecule is CC(=O)NC1C(OCCCC(=O)NCCCCCCNOCCCC(C)(CCCO)CCCOC(=O)NCCCCCCNC(=O)CCCOC2OC(CO)C(O)C(O)C2NC(C)=O)OC(CO)C(O)C1O. The third kappa shape index (κ3) is 27.2. The molecule has 0 spiro atoms. The van der Waals surface area contributed by atoms with Crippen molar-refractivity contribution >= 4 is 29.7 Å². The standard InChI is InChI=1S/C48H90N6O18/c1-33(58)53-39-43(64)41(62)35(31-56)71-45(39)67-27-12-17-37(60)49-22-8-4-5-10-24-51-47(66)69-29-15-20-48(3,19-14-26-55)21-16-30-70-52-25-11-7-6-9-23-50-38(61)18-13-28-68-46-40(54-34(2)59)44(65)42(63)36(32-57)72-46/h35-36,39-46,52,55-57,62-65H,4-32H2,1-3H3,(H,49,60)(H,50,61)(H,51,66)(H,53,58)(H,54,59). The number of ether oxygens (including phenoxy) is 5. The third-order valence-electron chi connectivity index (χ3n) is 12.6. The second kappa shape index (κ2) is 38.2. The van der Waals surface area contributed by atoms with Crippen LogP contribution in [0.3, 0.4) is 0 Å². The summed E-state index contributed by atoms with van der Waals surface area (Å²) >= 11 is 0. The number of amides is 5. The summed E-state index contributed by atoms with van der Waals surface area (Å²) in [6.45, 7) is 7.02. The number of carbonyl (C=O) groups excluding carboxylic acids is 5. The highest BCUT2D eigenvalue weighted by molar-refractivity contribution is 5.76. The highest BCUT2D eigenvalue weighted by Gasteiger charge is 2.46. The fourth-order valence-electron chi connectivity index (χ4n) is 8.50. The summed E-state index contributed by atoms with van der Waals surface area (Å²) < 4.78 is 27.7. The Bertz CT molecular complexity index is 1510. The molecule has 2 rings (SSSR count). The summed E-state index contributed by atoms with van der Waals surface area (Å²) in [5, 5.41) is 82.8. The highest BCUT2D eigenvalue weighted by atomic mass is 16.7. The molecule has 0 aromatic carbocycles. The molecule has 0 bridgehead atoms. The third-order valence-corrected chi connectivity index (χ3v) is 12.6. The maximum Gasteiger partial charge on any atom is 0.407 e. The maximum absolute atomic E-state index is 12.3. The van der Waals surface area contributed by atoms with Crippen LogP contribution in [-0.2, 0) is 47.7 Å². The molecule has 2 fully saturated rings. The molecule has 72 heavy (non-hydrogen) atoms. The van der Waals surface area contributed by atoms with Crippen LogP contribution in [-0.4, -0.2) is 199 Å². The van der Waals surface area contributed by atoms with Gasteiger partial charge in [-0.15, -0.1) is 0 Å². The fraction of sp³-hybridized carbons (Fsp3) is 0.896. The Hall–Kier alpha value is -3.37. The summed E-state index contributed by atoms with van der Waals surface area (Å²) in [7, 11) is 0. The number of hydrogen-bond acceptors (Lipinski definition) is 19. The van der Waals surface area contributed by atoms with E-state index < -0.39 is 92.4 Å². The van der Waals surface area contributed by atoms with Crippen molar-refractivity contribution in [3.05, 3.63) is 0 Å². The lowest BCUT2D eigenvalue weighted by Crippen LogP contribution is -2.64. The summed E-state index contributed by atoms with van der Waals surface area (Å²) in [6, 6.07) is -2.06. The van der Waals surface area contributed by atoms with Gasteiger partial charge in [0.15, 0.2) is 12.6 Å². The Balaban J connectivity index is 1.43. The van der Waals surface area contributed by atoms with Crippen molar-refractivity contribution in [2.24, 2.45) is 5.41 Å². The molecule has 0 radical (unpaired) electrons. The normalized spacial score (nSPS) is 25.0. The predicted octanol–water partition coefficient (Wildman–Crippen LogP) is -0.593. The first-order valence-corrected chi connectivity index (χ1v) is 26.0. The summed E-state index contributed by atoms with van der Waals surface area (Å²) in [6.07, 6.45) is 2.48. The largest absolute Gasteiger partial charge is 0.450 e. The average Bonchev–Trinajstić information content (AvgIpc) is 3.34. The van der Waals surface area contributed by atoms with Gasteiger partial charge in [0.05, 0.1) is 39.6 Å². The smallest absolute Gasteiger partial charge is 0.407 e. The molecule has 0 saturated carbocycles. The second-order valence-electron chi connectivity index (χ2n) is 19.0. The van der Waals surface area contributed by atoms with Gasteiger partial charge in [-0.05, 0) is 82.5 Å². The lowest BCUT2D eigenvalue weighted by atomic mass is 9.77. The molecule has 0 aromatic heterocycles. The Labute approximate surface area is 424 Å². The van der Waals surface area contributed by atoms with Crippen molar-refractivity contribution in [2.75, 3.05) is 72.4 Å². The van der Waals surface area contributed by atoms with Crippen molar-refractivity contribution < 1.29 is 88.2 Å². The van der Waals surface area contributed by atoms with Gasteiger partial charge >= 0.3 is 6.09 Å². The van der Waals surface area contributed by atoms with E-state index in [0.29, 0.717) is 65.1 Å². The minimum atomic E-state index is -1.40. The number of nitrogens with one attached hydrogen (secondary N) is 6. The van der Waals surface area contributed by atoms with Crippen molar-refractivity contribution in [3.8, 4) is 0 Å². The van der Waals surface area contributed by atoms with Crippen LogP contribution in [0.4, 0.5) is 4.79 Å². The first-order chi connectivity index (χ1) is 34.5. The lowest BCUT2D eigenvalue weighted by Gasteiger charge is -2.42. The molecule has 11 unspecified atom stereocenters. The molecule has 0 aliphatic carbocycles. The Morgan fingerprint density at radius 2 is 0.944 bits per heavy atom. The van der Waals surface area contributed by atoms with Crippen LogP contribution in [0.25, 0.3) is 0 Å². The van der Waals surface area contributed by atoms with Gasteiger partial charge in [-0.25, -0.2) is 10.3 Å². The number of alkyl carbamates (subject to hydrolysis) is 1. The van der Waals surface area contributed by atoms with Gasteiger partial charge in [-0.3, -0.25) is 19.2 Å². The molecule has 2 aliphatic heterocycles. The first kappa shape index (κ1) is 64.7. The van der Waals surface area contributed by atoms with E-state index in [1.165, 1.54) is 13.8 Å². The zero-order valence-corrected chi connectivity index (χ0v) is 42.9. The monoisotopic (exact) mass is 1040 g/mol. The molecule has 13 N–H and O–H groups in total. The molecule has 2 aliphatic rings. The quantitative estimate of drug-likeness (QED) is 0.0269. The van der Waals surface area contributed by atoms with Gasteiger partial charge in [0.1, 0.15) is 48.7 Å². The zero-order chi connectivity index (χ0) is 53.2. The summed E-state index contributed by atoms with van der Waals surface area (Å²) in [5.74, 6) is -1.17. The van der Waals surface area contributed by atoms with Crippen LogP contribution in [0.5, 0.6) is 0 Å². The van der Waals surface area contributed by atoms with Gasteiger partial charge in [0.2, 0.25) is 23.6 Å². The number of aliphatic hydroxyl groups excluding tert-OH is 7. The van der Waals surface area contributed by atoms with Crippen molar-refractivity contribution in [3.63, 3.8) is 0 Å². The minimum Gasteiger partial charge on any atom is -0.450 e. The summed E-state index contributed by atoms with van der Waals surface area (Å²) in [4.78, 5) is 65.6. The average molecular weight is 1040 g/mol. The number of carbonyl (C=O) groups is 5. The molecule has 24 heteroatoms.